The molecule has 6 heteroatoms. The summed E-state index contributed by atoms with van der Waals surface area (Å²) >= 11 is 0. The molecule has 0 fully saturated rings. The molecule has 3 aromatic carbocycles. The smallest absolute Gasteiger partial charge is 0.341 e. The van der Waals surface area contributed by atoms with E-state index in [1.807, 2.05) is 60.7 Å². The highest BCUT2D eigenvalue weighted by Gasteiger charge is 2.16. The molecule has 2 N–H and O–H groups in total. The average molecular weight is 391 g/mol. The molecule has 29 heavy (non-hydrogen) atoms. The molecule has 0 aromatic heterocycles. The van der Waals surface area contributed by atoms with Crippen LogP contribution in [-0.2, 0) is 20.8 Å². The van der Waals surface area contributed by atoms with Gasteiger partial charge in [-0.3, -0.25) is 9.63 Å². The molecule has 0 aliphatic carbocycles. The minimum absolute atomic E-state index is 0.0700. The summed E-state index contributed by atoms with van der Waals surface area (Å²) in [6, 6.07) is 26.0. The molecule has 0 saturated heterocycles. The molecule has 0 heterocycles. The van der Waals surface area contributed by atoms with Crippen LogP contribution in [0.15, 0.2) is 84.9 Å². The lowest BCUT2D eigenvalue weighted by atomic mass is 10.0. The number of rotatable bonds is 9. The predicted octanol–water partition coefficient (Wildman–Crippen LogP) is 3.53. The fourth-order valence-electron chi connectivity index (χ4n) is 2.82. The first-order valence-corrected chi connectivity index (χ1v) is 9.10. The number of carbonyl (C=O) groups is 2. The van der Waals surface area contributed by atoms with Gasteiger partial charge in [0, 0.05) is 0 Å². The van der Waals surface area contributed by atoms with Crippen molar-refractivity contribution in [2.24, 2.45) is 0 Å². The molecule has 0 aliphatic rings. The fourth-order valence-corrected chi connectivity index (χ4v) is 2.82. The highest BCUT2D eigenvalue weighted by Crippen LogP contribution is 2.24. The molecular weight excluding hydrogens is 370 g/mol. The molecule has 6 nitrogen and oxygen atoms in total. The Balaban J connectivity index is 1.63. The molecule has 3 rings (SSSR count). The van der Waals surface area contributed by atoms with Crippen LogP contribution in [0.25, 0.3) is 0 Å². The maximum Gasteiger partial charge on any atom is 0.341 e. The fraction of sp³-hybridized carbons (Fsp3) is 0.130. The van der Waals surface area contributed by atoms with Gasteiger partial charge in [-0.25, -0.2) is 10.3 Å². The van der Waals surface area contributed by atoms with E-state index in [9.17, 15) is 9.59 Å². The first-order valence-electron chi connectivity index (χ1n) is 9.10. The van der Waals surface area contributed by atoms with Gasteiger partial charge in [-0.05, 0) is 28.8 Å². The summed E-state index contributed by atoms with van der Waals surface area (Å²) < 4.78 is 5.14. The SMILES string of the molecule is O=C(O)COc1cccc(CC(=O)NOC(c2ccccc2)c2ccccc2)c1. The second-order valence-electron chi connectivity index (χ2n) is 6.35. The monoisotopic (exact) mass is 391 g/mol. The minimum Gasteiger partial charge on any atom is -0.482 e. The summed E-state index contributed by atoms with van der Waals surface area (Å²) in [5.41, 5.74) is 5.05. The van der Waals surface area contributed by atoms with Crippen molar-refractivity contribution in [3.05, 3.63) is 102 Å². The van der Waals surface area contributed by atoms with Crippen LogP contribution in [0.5, 0.6) is 5.75 Å². The van der Waals surface area contributed by atoms with Gasteiger partial charge in [-0.1, -0.05) is 72.8 Å². The highest BCUT2D eigenvalue weighted by molar-refractivity contribution is 5.77. The Labute approximate surface area is 168 Å². The van der Waals surface area contributed by atoms with Crippen LogP contribution in [-0.4, -0.2) is 23.6 Å². The van der Waals surface area contributed by atoms with Crippen LogP contribution >= 0.6 is 0 Å². The van der Waals surface area contributed by atoms with E-state index in [1.54, 1.807) is 24.3 Å². The Morgan fingerprint density at radius 3 is 2.07 bits per heavy atom. The zero-order valence-electron chi connectivity index (χ0n) is 15.7. The minimum atomic E-state index is -1.06. The van der Waals surface area contributed by atoms with Crippen LogP contribution in [0.2, 0.25) is 0 Å². The van der Waals surface area contributed by atoms with E-state index < -0.39 is 18.7 Å². The van der Waals surface area contributed by atoms with Gasteiger partial charge in [0.25, 0.3) is 0 Å². The maximum absolute atomic E-state index is 12.4. The van der Waals surface area contributed by atoms with E-state index in [-0.39, 0.29) is 12.3 Å². The number of nitrogens with one attached hydrogen (secondary N) is 1. The molecule has 0 radical (unpaired) electrons. The molecule has 0 unspecified atom stereocenters. The molecule has 0 aliphatic heterocycles. The Hall–Kier alpha value is -3.64. The van der Waals surface area contributed by atoms with Crippen molar-refractivity contribution in [3.8, 4) is 5.75 Å². The van der Waals surface area contributed by atoms with Crippen LogP contribution in [0, 0.1) is 0 Å². The largest absolute Gasteiger partial charge is 0.482 e. The van der Waals surface area contributed by atoms with Crippen LogP contribution in [0.4, 0.5) is 0 Å². The Morgan fingerprint density at radius 2 is 1.48 bits per heavy atom. The number of hydrogen-bond acceptors (Lipinski definition) is 4. The van der Waals surface area contributed by atoms with E-state index >= 15 is 0 Å². The van der Waals surface area contributed by atoms with Gasteiger partial charge in [0.1, 0.15) is 11.9 Å². The third-order valence-corrected chi connectivity index (χ3v) is 4.12. The third-order valence-electron chi connectivity index (χ3n) is 4.12. The van der Waals surface area contributed by atoms with Gasteiger partial charge in [0.2, 0.25) is 5.91 Å². The number of aliphatic carboxylic acids is 1. The van der Waals surface area contributed by atoms with Crippen LogP contribution in [0.3, 0.4) is 0 Å². The topological polar surface area (TPSA) is 84.9 Å². The number of carboxylic acid groups (broad SMARTS) is 1. The summed E-state index contributed by atoms with van der Waals surface area (Å²) in [4.78, 5) is 28.7. The van der Waals surface area contributed by atoms with E-state index in [2.05, 4.69) is 5.48 Å². The zero-order chi connectivity index (χ0) is 20.5. The maximum atomic E-state index is 12.4. The molecule has 0 bridgehead atoms. The standard InChI is InChI=1S/C23H21NO5/c25-21(15-17-8-7-13-20(14-17)28-16-22(26)27)24-29-23(18-9-3-1-4-10-18)19-11-5-2-6-12-19/h1-14,23H,15-16H2,(H,24,25)(H,26,27). The number of hydroxylamine groups is 1. The summed E-state index contributed by atoms with van der Waals surface area (Å²) in [6.45, 7) is -0.436. The number of amides is 1. The first-order chi connectivity index (χ1) is 14.1. The van der Waals surface area contributed by atoms with Crippen LogP contribution < -0.4 is 10.2 Å². The van der Waals surface area contributed by atoms with Crippen molar-refractivity contribution >= 4 is 11.9 Å². The van der Waals surface area contributed by atoms with Crippen molar-refractivity contribution < 1.29 is 24.3 Å². The lowest BCUT2D eigenvalue weighted by molar-refractivity contribution is -0.139. The molecule has 0 spiro atoms. The number of carbonyl (C=O) groups excluding carboxylic acids is 1. The number of benzene rings is 3. The summed E-state index contributed by atoms with van der Waals surface area (Å²) in [6.07, 6.45) is -0.368. The highest BCUT2D eigenvalue weighted by atomic mass is 16.7. The molecule has 148 valence electrons. The lowest BCUT2D eigenvalue weighted by Gasteiger charge is -2.18. The Kier molecular flexibility index (Phi) is 6.97. The molecule has 3 aromatic rings. The predicted molar refractivity (Wildman–Crippen MR) is 107 cm³/mol. The van der Waals surface area contributed by atoms with Gasteiger partial charge in [-0.2, -0.15) is 0 Å². The third kappa shape index (κ3) is 6.19. The second kappa shape index (κ2) is 10.1. The van der Waals surface area contributed by atoms with Crippen LogP contribution in [0.1, 0.15) is 22.8 Å². The number of hydrogen-bond donors (Lipinski definition) is 2. The van der Waals surface area contributed by atoms with Gasteiger partial charge in [0.05, 0.1) is 6.42 Å². The number of carboxylic acids is 1. The molecule has 0 atom stereocenters. The Morgan fingerprint density at radius 1 is 0.862 bits per heavy atom. The summed E-state index contributed by atoms with van der Waals surface area (Å²) in [7, 11) is 0. The summed E-state index contributed by atoms with van der Waals surface area (Å²) in [5, 5.41) is 8.69. The lowest BCUT2D eigenvalue weighted by Crippen LogP contribution is -2.28. The van der Waals surface area contributed by atoms with Gasteiger partial charge in [0.15, 0.2) is 6.61 Å². The van der Waals surface area contributed by atoms with Crippen molar-refractivity contribution in [2.45, 2.75) is 12.5 Å². The normalized spacial score (nSPS) is 10.5. The van der Waals surface area contributed by atoms with Crippen molar-refractivity contribution in [1.82, 2.24) is 5.48 Å². The quantitative estimate of drug-likeness (QED) is 0.545. The number of ether oxygens (including phenoxy) is 1. The van der Waals surface area contributed by atoms with E-state index in [0.717, 1.165) is 11.1 Å². The molecule has 1 amide bonds. The Bertz CT molecular complexity index is 904. The van der Waals surface area contributed by atoms with Crippen molar-refractivity contribution in [2.75, 3.05) is 6.61 Å². The molecular formula is C23H21NO5. The van der Waals surface area contributed by atoms with Gasteiger partial charge >= 0.3 is 5.97 Å². The average Bonchev–Trinajstić information content (AvgIpc) is 2.74. The zero-order valence-corrected chi connectivity index (χ0v) is 15.7. The van der Waals surface area contributed by atoms with Crippen molar-refractivity contribution in [1.29, 1.82) is 0 Å². The van der Waals surface area contributed by atoms with Gasteiger partial charge in [-0.15, -0.1) is 0 Å². The first kappa shape index (κ1) is 20.1. The molecule has 0 saturated carbocycles. The van der Waals surface area contributed by atoms with E-state index in [4.69, 9.17) is 14.7 Å². The van der Waals surface area contributed by atoms with Gasteiger partial charge < -0.3 is 9.84 Å². The van der Waals surface area contributed by atoms with E-state index in [0.29, 0.717) is 11.3 Å². The second-order valence-corrected chi connectivity index (χ2v) is 6.35. The van der Waals surface area contributed by atoms with E-state index in [1.165, 1.54) is 0 Å². The van der Waals surface area contributed by atoms with Crippen molar-refractivity contribution in [3.63, 3.8) is 0 Å². The summed E-state index contributed by atoms with van der Waals surface area (Å²) in [5.74, 6) is -0.989.